The van der Waals surface area contributed by atoms with E-state index in [0.29, 0.717) is 24.2 Å². The summed E-state index contributed by atoms with van der Waals surface area (Å²) in [5, 5.41) is 21.3. The van der Waals surface area contributed by atoms with E-state index in [1.54, 1.807) is 0 Å². The van der Waals surface area contributed by atoms with Crippen LogP contribution < -0.4 is 0 Å². The summed E-state index contributed by atoms with van der Waals surface area (Å²) in [7, 11) is 0. The molecule has 2 N–H and O–H groups in total. The van der Waals surface area contributed by atoms with E-state index in [-0.39, 0.29) is 28.8 Å². The summed E-state index contributed by atoms with van der Waals surface area (Å²) in [4.78, 5) is 0. The summed E-state index contributed by atoms with van der Waals surface area (Å²) < 4.78 is 15.9. The molecule has 0 spiro atoms. The Labute approximate surface area is 184 Å². The second-order valence-electron chi connectivity index (χ2n) is 12.8. The minimum Gasteiger partial charge on any atom is -0.393 e. The molecule has 3 heteroatoms. The van der Waals surface area contributed by atoms with Crippen molar-refractivity contribution in [3.8, 4) is 0 Å². The van der Waals surface area contributed by atoms with E-state index in [9.17, 15) is 10.2 Å². The molecule has 0 bridgehead atoms. The Morgan fingerprint density at radius 2 is 1.53 bits per heavy atom. The lowest BCUT2D eigenvalue weighted by Crippen LogP contribution is -2.63. The van der Waals surface area contributed by atoms with E-state index < -0.39 is 12.3 Å². The molecule has 2 nitrogen and oxygen atoms in total. The van der Waals surface area contributed by atoms with Crippen molar-refractivity contribution in [3.63, 3.8) is 0 Å². The predicted molar refractivity (Wildman–Crippen MR) is 121 cm³/mol. The summed E-state index contributed by atoms with van der Waals surface area (Å²) in [6.07, 6.45) is 8.64. The molecule has 0 unspecified atom stereocenters. The number of fused-ring (bicyclic) bond motifs is 5. The molecule has 0 saturated heterocycles. The Morgan fingerprint density at radius 3 is 2.23 bits per heavy atom. The van der Waals surface area contributed by atoms with Crippen molar-refractivity contribution in [3.05, 3.63) is 0 Å². The maximum absolute atomic E-state index is 15.9. The maximum Gasteiger partial charge on any atom is 0.130 e. The van der Waals surface area contributed by atoms with Crippen LogP contribution in [0.15, 0.2) is 0 Å². The molecule has 0 aliphatic heterocycles. The number of hydrogen-bond donors (Lipinski definition) is 2. The molecular weight excluding hydrogens is 375 g/mol. The normalized spacial score (nSPS) is 51.9. The van der Waals surface area contributed by atoms with Gasteiger partial charge < -0.3 is 10.2 Å². The molecule has 30 heavy (non-hydrogen) atoms. The first-order valence-corrected chi connectivity index (χ1v) is 13.1. The van der Waals surface area contributed by atoms with Crippen LogP contribution in [0.5, 0.6) is 0 Å². The first-order valence-electron chi connectivity index (χ1n) is 13.1. The molecule has 0 heterocycles. The molecule has 4 fully saturated rings. The third-order valence-electron chi connectivity index (χ3n) is 10.9. The van der Waals surface area contributed by atoms with Gasteiger partial charge in [0.05, 0.1) is 12.2 Å². The Bertz CT molecular complexity index is 608. The Hall–Kier alpha value is -0.150. The maximum atomic E-state index is 15.9. The van der Waals surface area contributed by atoms with E-state index in [4.69, 9.17) is 0 Å². The number of halogens is 1. The fourth-order valence-electron chi connectivity index (χ4n) is 9.22. The molecular formula is C27H47FO2. The van der Waals surface area contributed by atoms with Crippen LogP contribution in [-0.2, 0) is 0 Å². The van der Waals surface area contributed by atoms with Crippen molar-refractivity contribution in [2.45, 2.75) is 117 Å². The summed E-state index contributed by atoms with van der Waals surface area (Å²) in [5.74, 6) is 2.94. The quantitative estimate of drug-likeness (QED) is 0.539. The smallest absolute Gasteiger partial charge is 0.130 e. The van der Waals surface area contributed by atoms with Crippen molar-refractivity contribution < 1.29 is 14.6 Å². The zero-order valence-corrected chi connectivity index (χ0v) is 20.1. The van der Waals surface area contributed by atoms with Crippen LogP contribution in [0.3, 0.4) is 0 Å². The molecule has 4 aliphatic carbocycles. The van der Waals surface area contributed by atoms with Crippen molar-refractivity contribution in [2.75, 3.05) is 0 Å². The van der Waals surface area contributed by atoms with Crippen LogP contribution in [0.25, 0.3) is 0 Å². The molecule has 4 saturated carbocycles. The zero-order chi connectivity index (χ0) is 21.8. The van der Waals surface area contributed by atoms with Gasteiger partial charge >= 0.3 is 0 Å². The van der Waals surface area contributed by atoms with Crippen LogP contribution in [0, 0.1) is 52.3 Å². The molecule has 0 aromatic heterocycles. The van der Waals surface area contributed by atoms with Crippen LogP contribution in [-0.4, -0.2) is 28.6 Å². The molecule has 174 valence electrons. The molecule has 0 aromatic rings. The first kappa shape index (κ1) is 23.0. The van der Waals surface area contributed by atoms with Gasteiger partial charge in [-0.15, -0.1) is 0 Å². The van der Waals surface area contributed by atoms with Crippen LogP contribution in [0.2, 0.25) is 0 Å². The van der Waals surface area contributed by atoms with Crippen molar-refractivity contribution in [1.82, 2.24) is 0 Å². The average Bonchev–Trinajstić information content (AvgIpc) is 3.04. The predicted octanol–water partition coefficient (Wildman–Crippen LogP) is 6.39. The first-order chi connectivity index (χ1) is 14.1. The molecule has 4 rings (SSSR count). The van der Waals surface area contributed by atoms with Crippen LogP contribution in [0.4, 0.5) is 4.39 Å². The third-order valence-corrected chi connectivity index (χ3v) is 10.9. The highest BCUT2D eigenvalue weighted by Crippen LogP contribution is 2.68. The number of aliphatic hydroxyl groups excluding tert-OH is 2. The van der Waals surface area contributed by atoms with Crippen LogP contribution >= 0.6 is 0 Å². The second kappa shape index (κ2) is 8.32. The number of aliphatic hydroxyl groups is 2. The van der Waals surface area contributed by atoms with Gasteiger partial charge in [-0.05, 0) is 97.2 Å². The molecule has 0 radical (unpaired) electrons. The van der Waals surface area contributed by atoms with Crippen molar-refractivity contribution in [1.29, 1.82) is 0 Å². The highest BCUT2D eigenvalue weighted by molar-refractivity contribution is 5.14. The van der Waals surface area contributed by atoms with Crippen molar-refractivity contribution in [2.24, 2.45) is 52.3 Å². The summed E-state index contributed by atoms with van der Waals surface area (Å²) in [6.45, 7) is 11.9. The fraction of sp³-hybridized carbons (Fsp3) is 1.00. The SMILES string of the molecule is CC(C)CCC[C@@H](C)[C@H]1CC[C@H]2[C@@H]3[C@H](F)[C@H](O)[C@H]4C[C@@H](O)CC[C@]4(C)[C@H]3CC[C@]12C. The average molecular weight is 423 g/mol. The summed E-state index contributed by atoms with van der Waals surface area (Å²) in [5.41, 5.74) is 0.230. The molecule has 0 amide bonds. The molecule has 11 atom stereocenters. The van der Waals surface area contributed by atoms with E-state index in [1.165, 1.54) is 32.1 Å². The lowest BCUT2D eigenvalue weighted by atomic mass is 9.43. The van der Waals surface area contributed by atoms with Gasteiger partial charge in [-0.3, -0.25) is 0 Å². The largest absolute Gasteiger partial charge is 0.393 e. The second-order valence-corrected chi connectivity index (χ2v) is 12.8. The lowest BCUT2D eigenvalue weighted by Gasteiger charge is -2.63. The monoisotopic (exact) mass is 422 g/mol. The van der Waals surface area contributed by atoms with Crippen LogP contribution in [0.1, 0.15) is 98.8 Å². The third kappa shape index (κ3) is 3.58. The topological polar surface area (TPSA) is 40.5 Å². The number of rotatable bonds is 5. The van der Waals surface area contributed by atoms with E-state index in [0.717, 1.165) is 37.5 Å². The van der Waals surface area contributed by atoms with Crippen molar-refractivity contribution >= 4 is 0 Å². The van der Waals surface area contributed by atoms with Gasteiger partial charge in [-0.2, -0.15) is 0 Å². The van der Waals surface area contributed by atoms with E-state index in [2.05, 4.69) is 34.6 Å². The van der Waals surface area contributed by atoms with Gasteiger partial charge in [0, 0.05) is 0 Å². The van der Waals surface area contributed by atoms with Gasteiger partial charge in [0.2, 0.25) is 0 Å². The van der Waals surface area contributed by atoms with Gasteiger partial charge in [-0.1, -0.05) is 53.9 Å². The highest BCUT2D eigenvalue weighted by Gasteiger charge is 2.65. The lowest BCUT2D eigenvalue weighted by molar-refractivity contribution is -0.205. The van der Waals surface area contributed by atoms with Gasteiger partial charge in [0.25, 0.3) is 0 Å². The molecule has 4 aliphatic rings. The minimum atomic E-state index is -1.11. The van der Waals surface area contributed by atoms with Gasteiger partial charge in [0.1, 0.15) is 6.17 Å². The number of hydrogen-bond acceptors (Lipinski definition) is 2. The molecule has 0 aromatic carbocycles. The highest BCUT2D eigenvalue weighted by atomic mass is 19.1. The van der Waals surface area contributed by atoms with E-state index in [1.807, 2.05) is 0 Å². The standard InChI is InChI=1S/C27H47FO2/c1-16(2)7-6-8-17(3)19-9-10-20-23-21(12-14-26(19,20)4)27(5)13-11-18(29)15-22(27)25(30)24(23)28/h16-25,29-30H,6-15H2,1-5H3/t17-,18+,19-,20+,21+,22-,23+,24+,25-,26-,27-/m1/s1. The Balaban J connectivity index is 1.54. The fourth-order valence-corrected chi connectivity index (χ4v) is 9.22. The van der Waals surface area contributed by atoms with E-state index >= 15 is 4.39 Å². The minimum absolute atomic E-state index is 0.00575. The summed E-state index contributed by atoms with van der Waals surface area (Å²) >= 11 is 0. The van der Waals surface area contributed by atoms with Gasteiger partial charge in [0.15, 0.2) is 0 Å². The number of alkyl halides is 1. The van der Waals surface area contributed by atoms with Gasteiger partial charge in [-0.25, -0.2) is 4.39 Å². The summed E-state index contributed by atoms with van der Waals surface area (Å²) in [6, 6.07) is 0. The Kier molecular flexibility index (Phi) is 6.39. The zero-order valence-electron chi connectivity index (χ0n) is 20.1. The Morgan fingerprint density at radius 1 is 0.867 bits per heavy atom.